The number of nitrogens with zero attached hydrogens (tertiary/aromatic N) is 2. The second kappa shape index (κ2) is 10.6. The lowest BCUT2D eigenvalue weighted by molar-refractivity contribution is -0.170. The maximum Gasteiger partial charge on any atom is 0.381 e. The summed E-state index contributed by atoms with van der Waals surface area (Å²) in [7, 11) is 0.841. The van der Waals surface area contributed by atoms with Crippen LogP contribution in [-0.2, 0) is 26.7 Å². The van der Waals surface area contributed by atoms with Crippen LogP contribution in [0.5, 0.6) is 5.75 Å². The number of esters is 2. The van der Waals surface area contributed by atoms with Gasteiger partial charge < -0.3 is 9.47 Å². The lowest BCUT2D eigenvalue weighted by atomic mass is 9.75. The minimum Gasteiger partial charge on any atom is -0.464 e. The minimum atomic E-state index is -4.01. The van der Waals surface area contributed by atoms with Crippen molar-refractivity contribution in [1.82, 2.24) is 4.90 Å². The highest BCUT2D eigenvalue weighted by molar-refractivity contribution is 9.10. The van der Waals surface area contributed by atoms with Crippen molar-refractivity contribution in [2.75, 3.05) is 26.7 Å². The molecule has 2 aromatic rings. The number of benzene rings is 2. The number of nitriles is 1. The molecule has 0 aliphatic carbocycles. The van der Waals surface area contributed by atoms with Crippen LogP contribution in [0.4, 0.5) is 13.2 Å². The quantitative estimate of drug-likeness (QED) is 0.378. The SMILES string of the molecule is COC(=O)C(F)(F)c1cc(Br)ccc1OC(=O)CN1CCC(C#N)(Cc2ccc(F)cc2)CC1. The Bertz CT molecular complexity index is 1090. The van der Waals surface area contributed by atoms with Crippen molar-refractivity contribution in [3.63, 3.8) is 0 Å². The van der Waals surface area contributed by atoms with Crippen LogP contribution in [-0.4, -0.2) is 43.6 Å². The fourth-order valence-corrected chi connectivity index (χ4v) is 4.23. The zero-order chi connectivity index (χ0) is 24.9. The summed E-state index contributed by atoms with van der Waals surface area (Å²) < 4.78 is 51.7. The molecule has 0 radical (unpaired) electrons. The van der Waals surface area contributed by atoms with Crippen LogP contribution in [0.1, 0.15) is 24.0 Å². The van der Waals surface area contributed by atoms with E-state index in [4.69, 9.17) is 4.74 Å². The molecular formula is C24H22BrF3N2O4. The second-order valence-electron chi connectivity index (χ2n) is 8.15. The maximum atomic E-state index is 14.5. The summed E-state index contributed by atoms with van der Waals surface area (Å²) in [5.74, 6) is -7.34. The smallest absolute Gasteiger partial charge is 0.381 e. The molecule has 0 saturated carbocycles. The Balaban J connectivity index is 1.63. The van der Waals surface area contributed by atoms with Gasteiger partial charge in [0.15, 0.2) is 0 Å². The predicted molar refractivity (Wildman–Crippen MR) is 120 cm³/mol. The van der Waals surface area contributed by atoms with E-state index in [0.29, 0.717) is 32.4 Å². The second-order valence-corrected chi connectivity index (χ2v) is 9.07. The van der Waals surface area contributed by atoms with Gasteiger partial charge in [0.2, 0.25) is 0 Å². The number of carbonyl (C=O) groups excluding carboxylic acids is 2. The van der Waals surface area contributed by atoms with Gasteiger partial charge in [0.05, 0.1) is 30.7 Å². The fourth-order valence-electron chi connectivity index (χ4n) is 3.87. The van der Waals surface area contributed by atoms with Crippen LogP contribution >= 0.6 is 15.9 Å². The van der Waals surface area contributed by atoms with E-state index in [2.05, 4.69) is 26.7 Å². The highest BCUT2D eigenvalue weighted by Gasteiger charge is 2.45. The fraction of sp³-hybridized carbons (Fsp3) is 0.375. The molecule has 2 aromatic carbocycles. The third kappa shape index (κ3) is 5.96. The van der Waals surface area contributed by atoms with Crippen LogP contribution in [0.15, 0.2) is 46.9 Å². The number of ether oxygens (including phenoxy) is 2. The van der Waals surface area contributed by atoms with E-state index in [1.807, 2.05) is 0 Å². The van der Waals surface area contributed by atoms with E-state index in [-0.39, 0.29) is 16.8 Å². The summed E-state index contributed by atoms with van der Waals surface area (Å²) in [6, 6.07) is 12.0. The molecule has 0 unspecified atom stereocenters. The first-order chi connectivity index (χ1) is 16.1. The van der Waals surface area contributed by atoms with Crippen molar-refractivity contribution < 1.29 is 32.2 Å². The molecule has 180 valence electrons. The summed E-state index contributed by atoms with van der Waals surface area (Å²) in [6.07, 6.45) is 1.43. The van der Waals surface area contributed by atoms with Gasteiger partial charge in [-0.1, -0.05) is 28.1 Å². The molecule has 1 saturated heterocycles. The van der Waals surface area contributed by atoms with E-state index in [1.165, 1.54) is 24.3 Å². The number of piperidine rings is 1. The molecule has 34 heavy (non-hydrogen) atoms. The predicted octanol–water partition coefficient (Wildman–Crippen LogP) is 4.61. The van der Waals surface area contributed by atoms with Crippen molar-refractivity contribution in [1.29, 1.82) is 5.26 Å². The molecule has 0 spiro atoms. The van der Waals surface area contributed by atoms with Gasteiger partial charge in [0.1, 0.15) is 11.6 Å². The van der Waals surface area contributed by atoms with E-state index in [9.17, 15) is 28.0 Å². The monoisotopic (exact) mass is 538 g/mol. The topological polar surface area (TPSA) is 79.6 Å². The average Bonchev–Trinajstić information content (AvgIpc) is 2.82. The number of halogens is 4. The third-order valence-corrected chi connectivity index (χ3v) is 6.30. The number of rotatable bonds is 7. The molecule has 0 atom stereocenters. The summed E-state index contributed by atoms with van der Waals surface area (Å²) in [5.41, 5.74) is -0.576. The number of likely N-dealkylation sites (tertiary alicyclic amines) is 1. The first-order valence-corrected chi connectivity index (χ1v) is 11.2. The Morgan fingerprint density at radius 3 is 2.41 bits per heavy atom. The van der Waals surface area contributed by atoms with Crippen molar-refractivity contribution in [3.05, 3.63) is 63.9 Å². The third-order valence-electron chi connectivity index (χ3n) is 5.80. The zero-order valence-corrected chi connectivity index (χ0v) is 19.9. The molecule has 10 heteroatoms. The maximum absolute atomic E-state index is 14.5. The van der Waals surface area contributed by atoms with Crippen LogP contribution in [0, 0.1) is 22.6 Å². The van der Waals surface area contributed by atoms with Crippen molar-refractivity contribution in [3.8, 4) is 11.8 Å². The summed E-state index contributed by atoms with van der Waals surface area (Å²) in [6.45, 7) is 0.683. The van der Waals surface area contributed by atoms with Gasteiger partial charge in [-0.05, 0) is 55.2 Å². The first kappa shape index (κ1) is 25.7. The lowest BCUT2D eigenvalue weighted by Crippen LogP contribution is -2.43. The van der Waals surface area contributed by atoms with Gasteiger partial charge in [-0.15, -0.1) is 0 Å². The van der Waals surface area contributed by atoms with E-state index in [1.54, 1.807) is 17.0 Å². The largest absolute Gasteiger partial charge is 0.464 e. The Labute approximate surface area is 203 Å². The molecular weight excluding hydrogens is 517 g/mol. The molecule has 1 heterocycles. The van der Waals surface area contributed by atoms with Gasteiger partial charge in [-0.3, -0.25) is 9.69 Å². The van der Waals surface area contributed by atoms with Crippen LogP contribution < -0.4 is 4.74 Å². The molecule has 0 aromatic heterocycles. The first-order valence-electron chi connectivity index (χ1n) is 10.4. The standard InChI is InChI=1S/C24H22BrF3N2O4/c1-33-22(32)24(27,28)19-12-17(25)4-7-20(19)34-21(31)14-30-10-8-23(15-29,9-11-30)13-16-2-5-18(26)6-3-16/h2-7,12H,8-11,13-14H2,1H3. The molecule has 3 rings (SSSR count). The van der Waals surface area contributed by atoms with Gasteiger partial charge in [-0.25, -0.2) is 9.18 Å². The van der Waals surface area contributed by atoms with E-state index < -0.39 is 34.6 Å². The average molecular weight is 539 g/mol. The number of carbonyl (C=O) groups is 2. The number of hydrogen-bond acceptors (Lipinski definition) is 6. The molecule has 0 amide bonds. The molecule has 0 N–H and O–H groups in total. The Kier molecular flexibility index (Phi) is 8.00. The molecule has 6 nitrogen and oxygen atoms in total. The minimum absolute atomic E-state index is 0.169. The molecule has 1 aliphatic rings. The van der Waals surface area contributed by atoms with Crippen molar-refractivity contribution in [2.45, 2.75) is 25.2 Å². The van der Waals surface area contributed by atoms with Gasteiger partial charge in [0.25, 0.3) is 0 Å². The van der Waals surface area contributed by atoms with Crippen LogP contribution in [0.25, 0.3) is 0 Å². The number of methoxy groups -OCH3 is 1. The Morgan fingerprint density at radius 2 is 1.82 bits per heavy atom. The summed E-state index contributed by atoms with van der Waals surface area (Å²) in [5, 5.41) is 9.77. The van der Waals surface area contributed by atoms with Gasteiger partial charge >= 0.3 is 17.9 Å². The van der Waals surface area contributed by atoms with Crippen LogP contribution in [0.2, 0.25) is 0 Å². The van der Waals surface area contributed by atoms with E-state index >= 15 is 0 Å². The molecule has 0 bridgehead atoms. The number of hydrogen-bond donors (Lipinski definition) is 0. The van der Waals surface area contributed by atoms with Crippen LogP contribution in [0.3, 0.4) is 0 Å². The highest BCUT2D eigenvalue weighted by atomic mass is 79.9. The summed E-state index contributed by atoms with van der Waals surface area (Å²) >= 11 is 3.07. The van der Waals surface area contributed by atoms with E-state index in [0.717, 1.165) is 18.7 Å². The molecule has 1 aliphatic heterocycles. The molecule has 1 fully saturated rings. The van der Waals surface area contributed by atoms with Crippen molar-refractivity contribution >= 4 is 27.9 Å². The Hall–Kier alpha value is -2.90. The summed E-state index contributed by atoms with van der Waals surface area (Å²) in [4.78, 5) is 25.8. The van der Waals surface area contributed by atoms with Crippen molar-refractivity contribution in [2.24, 2.45) is 5.41 Å². The number of alkyl halides is 2. The zero-order valence-electron chi connectivity index (χ0n) is 18.3. The normalized spacial score (nSPS) is 15.9. The van der Waals surface area contributed by atoms with Gasteiger partial charge in [0, 0.05) is 17.6 Å². The lowest BCUT2D eigenvalue weighted by Gasteiger charge is -2.37. The Morgan fingerprint density at radius 1 is 1.18 bits per heavy atom. The highest BCUT2D eigenvalue weighted by Crippen LogP contribution is 2.38. The van der Waals surface area contributed by atoms with Gasteiger partial charge in [-0.2, -0.15) is 14.0 Å².